The van der Waals surface area contributed by atoms with E-state index in [9.17, 15) is 5.26 Å². The number of rotatable bonds is 2. The lowest BCUT2D eigenvalue weighted by Crippen LogP contribution is -2.30. The molecule has 5 aromatic rings. The van der Waals surface area contributed by atoms with Crippen molar-refractivity contribution in [3.8, 4) is 17.2 Å². The van der Waals surface area contributed by atoms with Crippen molar-refractivity contribution in [1.82, 2.24) is 0 Å². The van der Waals surface area contributed by atoms with Crippen LogP contribution < -0.4 is 4.90 Å². The summed E-state index contributed by atoms with van der Waals surface area (Å²) < 4.78 is 0. The molecule has 5 aromatic carbocycles. The molecule has 0 saturated carbocycles. The molecule has 0 fully saturated rings. The van der Waals surface area contributed by atoms with E-state index in [1.54, 1.807) is 0 Å². The Morgan fingerprint density at radius 1 is 0.647 bits per heavy atom. The van der Waals surface area contributed by atoms with E-state index >= 15 is 0 Å². The van der Waals surface area contributed by atoms with E-state index in [2.05, 4.69) is 122 Å². The predicted molar refractivity (Wildman–Crippen MR) is 141 cm³/mol. The lowest BCUT2D eigenvalue weighted by atomic mass is 9.73. The zero-order chi connectivity index (χ0) is 23.3. The van der Waals surface area contributed by atoms with Crippen molar-refractivity contribution in [3.05, 3.63) is 126 Å². The van der Waals surface area contributed by atoms with Crippen LogP contribution in [0.15, 0.2) is 109 Å². The molecular formula is C32H24N2. The minimum absolute atomic E-state index is 0.0692. The van der Waals surface area contributed by atoms with Crippen LogP contribution in [0.3, 0.4) is 0 Å². The van der Waals surface area contributed by atoms with Gasteiger partial charge in [-0.25, -0.2) is 0 Å². The summed E-state index contributed by atoms with van der Waals surface area (Å²) in [5.74, 6) is 0. The standard InChI is InChI=1S/C32H24N2/c1-32(2)27-13-3-5-15-29(27)34(30-16-6-4-14-28(30)32)25-19-17-22(18-20-25)26-12-8-10-23-9-7-11-24(21-33)31(23)26/h3-20H,1-2H3. The van der Waals surface area contributed by atoms with Crippen LogP contribution in [0, 0.1) is 11.3 Å². The van der Waals surface area contributed by atoms with Crippen molar-refractivity contribution in [1.29, 1.82) is 5.26 Å². The van der Waals surface area contributed by atoms with Gasteiger partial charge in [-0.15, -0.1) is 0 Å². The fraction of sp³-hybridized carbons (Fsp3) is 0.0938. The number of benzene rings is 5. The van der Waals surface area contributed by atoms with Crippen molar-refractivity contribution in [3.63, 3.8) is 0 Å². The Balaban J connectivity index is 1.51. The van der Waals surface area contributed by atoms with Crippen LogP contribution in [-0.4, -0.2) is 0 Å². The van der Waals surface area contributed by atoms with Gasteiger partial charge in [0.2, 0.25) is 0 Å². The highest BCUT2D eigenvalue weighted by Gasteiger charge is 2.36. The van der Waals surface area contributed by atoms with Crippen LogP contribution in [0.25, 0.3) is 21.9 Å². The number of hydrogen-bond donors (Lipinski definition) is 0. The van der Waals surface area contributed by atoms with Gasteiger partial charge in [-0.3, -0.25) is 0 Å². The molecule has 0 radical (unpaired) electrons. The van der Waals surface area contributed by atoms with E-state index in [0.29, 0.717) is 5.56 Å². The summed E-state index contributed by atoms with van der Waals surface area (Å²) in [5, 5.41) is 11.8. The molecule has 0 amide bonds. The third-order valence-corrected chi connectivity index (χ3v) is 7.10. The maximum atomic E-state index is 9.69. The molecule has 1 aliphatic rings. The number of anilines is 3. The summed E-state index contributed by atoms with van der Waals surface area (Å²) in [7, 11) is 0. The summed E-state index contributed by atoms with van der Waals surface area (Å²) in [6.45, 7) is 4.61. The maximum Gasteiger partial charge on any atom is 0.0998 e. The van der Waals surface area contributed by atoms with E-state index in [0.717, 1.165) is 27.6 Å². The summed E-state index contributed by atoms with van der Waals surface area (Å²) >= 11 is 0. The Bertz CT molecular complexity index is 1530. The van der Waals surface area contributed by atoms with Gasteiger partial charge in [0.15, 0.2) is 0 Å². The second-order valence-corrected chi connectivity index (χ2v) is 9.36. The van der Waals surface area contributed by atoms with Gasteiger partial charge in [0, 0.05) is 16.5 Å². The van der Waals surface area contributed by atoms with Gasteiger partial charge in [-0.1, -0.05) is 92.7 Å². The van der Waals surface area contributed by atoms with Gasteiger partial charge in [0.1, 0.15) is 0 Å². The lowest BCUT2D eigenvalue weighted by molar-refractivity contribution is 0.632. The predicted octanol–water partition coefficient (Wildman–Crippen LogP) is 8.49. The minimum Gasteiger partial charge on any atom is -0.310 e. The first-order valence-corrected chi connectivity index (χ1v) is 11.6. The molecule has 0 atom stereocenters. The van der Waals surface area contributed by atoms with E-state index in [4.69, 9.17) is 0 Å². The number of fused-ring (bicyclic) bond motifs is 3. The molecule has 2 heteroatoms. The average molecular weight is 437 g/mol. The SMILES string of the molecule is CC1(C)c2ccccc2N(c2ccc(-c3cccc4cccc(C#N)c34)cc2)c2ccccc21. The van der Waals surface area contributed by atoms with Crippen LogP contribution in [0.4, 0.5) is 17.1 Å². The first kappa shape index (κ1) is 20.3. The molecule has 2 nitrogen and oxygen atoms in total. The van der Waals surface area contributed by atoms with E-state index in [1.807, 2.05) is 12.1 Å². The smallest absolute Gasteiger partial charge is 0.0998 e. The number of nitrogens with zero attached hydrogens (tertiary/aromatic N) is 2. The molecule has 0 aliphatic carbocycles. The topological polar surface area (TPSA) is 27.0 Å². The Morgan fingerprint density at radius 2 is 1.24 bits per heavy atom. The normalized spacial score (nSPS) is 13.7. The first-order chi connectivity index (χ1) is 16.6. The maximum absolute atomic E-state index is 9.69. The minimum atomic E-state index is -0.0692. The molecular weight excluding hydrogens is 412 g/mol. The van der Waals surface area contributed by atoms with Gasteiger partial charge < -0.3 is 4.90 Å². The number of nitriles is 1. The Morgan fingerprint density at radius 3 is 1.85 bits per heavy atom. The van der Waals surface area contributed by atoms with Gasteiger partial charge in [-0.2, -0.15) is 5.26 Å². The molecule has 0 saturated heterocycles. The second-order valence-electron chi connectivity index (χ2n) is 9.36. The summed E-state index contributed by atoms with van der Waals surface area (Å²) in [4.78, 5) is 2.36. The largest absolute Gasteiger partial charge is 0.310 e. The van der Waals surface area contributed by atoms with Crippen LogP contribution in [0.5, 0.6) is 0 Å². The Hall–Kier alpha value is -4.35. The third-order valence-electron chi connectivity index (χ3n) is 7.10. The van der Waals surface area contributed by atoms with Crippen LogP contribution in [0.2, 0.25) is 0 Å². The van der Waals surface area contributed by atoms with Gasteiger partial charge >= 0.3 is 0 Å². The van der Waals surface area contributed by atoms with Crippen molar-refractivity contribution in [2.45, 2.75) is 19.3 Å². The highest BCUT2D eigenvalue weighted by atomic mass is 15.2. The van der Waals surface area contributed by atoms with Gasteiger partial charge in [0.05, 0.1) is 23.0 Å². The fourth-order valence-electron chi connectivity index (χ4n) is 5.41. The molecule has 6 rings (SSSR count). The van der Waals surface area contributed by atoms with Crippen molar-refractivity contribution in [2.75, 3.05) is 4.90 Å². The van der Waals surface area contributed by atoms with Crippen molar-refractivity contribution in [2.24, 2.45) is 0 Å². The highest BCUT2D eigenvalue weighted by Crippen LogP contribution is 2.51. The Labute approximate surface area is 200 Å². The average Bonchev–Trinajstić information content (AvgIpc) is 2.89. The van der Waals surface area contributed by atoms with E-state index in [1.165, 1.54) is 22.5 Å². The fourth-order valence-corrected chi connectivity index (χ4v) is 5.41. The second kappa shape index (κ2) is 7.61. The molecule has 0 N–H and O–H groups in total. The van der Waals surface area contributed by atoms with Crippen LogP contribution >= 0.6 is 0 Å². The summed E-state index contributed by atoms with van der Waals surface area (Å²) in [5.41, 5.74) is 9.04. The summed E-state index contributed by atoms with van der Waals surface area (Å²) in [6, 6.07) is 40.6. The number of para-hydroxylation sites is 2. The van der Waals surface area contributed by atoms with Crippen molar-refractivity contribution >= 4 is 27.8 Å². The molecule has 0 spiro atoms. The molecule has 162 valence electrons. The quantitative estimate of drug-likeness (QED) is 0.277. The molecule has 0 aromatic heterocycles. The van der Waals surface area contributed by atoms with Crippen molar-refractivity contribution < 1.29 is 0 Å². The first-order valence-electron chi connectivity index (χ1n) is 11.6. The Kier molecular flexibility index (Phi) is 4.54. The van der Waals surface area contributed by atoms with Gasteiger partial charge in [0.25, 0.3) is 0 Å². The molecule has 34 heavy (non-hydrogen) atoms. The lowest BCUT2D eigenvalue weighted by Gasteiger charge is -2.42. The third kappa shape index (κ3) is 2.95. The monoisotopic (exact) mass is 436 g/mol. The van der Waals surface area contributed by atoms with E-state index < -0.39 is 0 Å². The van der Waals surface area contributed by atoms with Gasteiger partial charge in [-0.05, 0) is 58.0 Å². The molecule has 1 heterocycles. The zero-order valence-corrected chi connectivity index (χ0v) is 19.3. The zero-order valence-electron chi connectivity index (χ0n) is 19.3. The summed E-state index contributed by atoms with van der Waals surface area (Å²) in [6.07, 6.45) is 0. The molecule has 0 bridgehead atoms. The molecule has 0 unspecified atom stereocenters. The van der Waals surface area contributed by atoms with Crippen LogP contribution in [0.1, 0.15) is 30.5 Å². The van der Waals surface area contributed by atoms with Crippen LogP contribution in [-0.2, 0) is 5.41 Å². The number of hydrogen-bond acceptors (Lipinski definition) is 2. The molecule has 1 aliphatic heterocycles. The van der Waals surface area contributed by atoms with E-state index in [-0.39, 0.29) is 5.41 Å². The highest BCUT2D eigenvalue weighted by molar-refractivity contribution is 6.00.